The average molecular weight is 426 g/mol. The first-order valence-corrected chi connectivity index (χ1v) is 11.0. The summed E-state index contributed by atoms with van der Waals surface area (Å²) in [5.41, 5.74) is 1.27. The molecule has 2 aromatic carbocycles. The second kappa shape index (κ2) is 9.80. The molecule has 158 valence electrons. The summed E-state index contributed by atoms with van der Waals surface area (Å²) in [4.78, 5) is 30.5. The van der Waals surface area contributed by atoms with Crippen LogP contribution < -0.4 is 15.6 Å². The molecular formula is C23H27N3O3S. The van der Waals surface area contributed by atoms with Crippen LogP contribution in [0.5, 0.6) is 5.75 Å². The Morgan fingerprint density at radius 1 is 1.13 bits per heavy atom. The Hall–Kier alpha value is -2.80. The minimum atomic E-state index is -0.431. The molecule has 0 fully saturated rings. The lowest BCUT2D eigenvalue weighted by Crippen LogP contribution is -2.28. The maximum absolute atomic E-state index is 13.1. The fourth-order valence-electron chi connectivity index (χ4n) is 3.04. The molecule has 0 saturated heterocycles. The standard InChI is InChI=1S/C23H27N3O3S/c1-5-15(3)26-22(28)19-9-7-8-10-20(19)25-23(26)30-16(4)21(27)24-17-11-13-18(14-12-17)29-6-2/h7-16H,5-6H2,1-4H3,(H,24,27)/t15-,16+/m1/s1. The molecule has 1 amide bonds. The lowest BCUT2D eigenvalue weighted by atomic mass is 10.2. The van der Waals surface area contributed by atoms with E-state index in [1.54, 1.807) is 10.6 Å². The second-order valence-electron chi connectivity index (χ2n) is 7.05. The summed E-state index contributed by atoms with van der Waals surface area (Å²) in [5.74, 6) is 0.609. The summed E-state index contributed by atoms with van der Waals surface area (Å²) in [6, 6.07) is 14.6. The minimum absolute atomic E-state index is 0.0153. The number of aromatic nitrogens is 2. The number of ether oxygens (including phenoxy) is 1. The number of carbonyl (C=O) groups is 1. The van der Waals surface area contributed by atoms with Crippen molar-refractivity contribution in [1.82, 2.24) is 9.55 Å². The third-order valence-corrected chi connectivity index (χ3v) is 5.96. The van der Waals surface area contributed by atoms with Crippen molar-refractivity contribution in [2.75, 3.05) is 11.9 Å². The van der Waals surface area contributed by atoms with E-state index < -0.39 is 5.25 Å². The quantitative estimate of drug-likeness (QED) is 0.411. The zero-order valence-electron chi connectivity index (χ0n) is 17.7. The molecule has 0 aliphatic heterocycles. The van der Waals surface area contributed by atoms with Gasteiger partial charge in [-0.15, -0.1) is 0 Å². The van der Waals surface area contributed by atoms with Crippen LogP contribution in [-0.2, 0) is 4.79 Å². The van der Waals surface area contributed by atoms with Gasteiger partial charge in [0, 0.05) is 11.7 Å². The van der Waals surface area contributed by atoms with Crippen LogP contribution in [0.3, 0.4) is 0 Å². The van der Waals surface area contributed by atoms with Crippen LogP contribution in [0, 0.1) is 0 Å². The Balaban J connectivity index is 1.83. The van der Waals surface area contributed by atoms with Gasteiger partial charge in [-0.25, -0.2) is 4.98 Å². The van der Waals surface area contributed by atoms with E-state index in [4.69, 9.17) is 9.72 Å². The molecule has 0 radical (unpaired) electrons. The SMILES string of the molecule is CCOc1ccc(NC(=O)[C@H](C)Sc2nc3ccccc3c(=O)n2[C@H](C)CC)cc1. The van der Waals surface area contributed by atoms with Crippen LogP contribution in [0.25, 0.3) is 10.9 Å². The third kappa shape index (κ3) is 4.84. The number of para-hydroxylation sites is 1. The van der Waals surface area contributed by atoms with E-state index in [0.717, 1.165) is 12.2 Å². The molecule has 0 bridgehead atoms. The summed E-state index contributed by atoms with van der Waals surface area (Å²) in [5, 5.41) is 3.63. The predicted molar refractivity (Wildman–Crippen MR) is 123 cm³/mol. The normalized spacial score (nSPS) is 13.1. The number of thioether (sulfide) groups is 1. The van der Waals surface area contributed by atoms with Crippen LogP contribution in [0.1, 0.15) is 40.2 Å². The van der Waals surface area contributed by atoms with E-state index in [0.29, 0.717) is 28.4 Å². The van der Waals surface area contributed by atoms with E-state index in [2.05, 4.69) is 5.32 Å². The van der Waals surface area contributed by atoms with Crippen molar-refractivity contribution in [3.8, 4) is 5.75 Å². The molecular weight excluding hydrogens is 398 g/mol. The van der Waals surface area contributed by atoms with Crippen molar-refractivity contribution in [2.45, 2.75) is 50.6 Å². The monoisotopic (exact) mass is 425 g/mol. The number of hydrogen-bond acceptors (Lipinski definition) is 5. The van der Waals surface area contributed by atoms with Crippen molar-refractivity contribution in [1.29, 1.82) is 0 Å². The first-order valence-electron chi connectivity index (χ1n) is 10.2. The van der Waals surface area contributed by atoms with Crippen LogP contribution in [-0.4, -0.2) is 27.3 Å². The van der Waals surface area contributed by atoms with Gasteiger partial charge < -0.3 is 10.1 Å². The molecule has 30 heavy (non-hydrogen) atoms. The average Bonchev–Trinajstić information content (AvgIpc) is 2.75. The molecule has 0 spiro atoms. The van der Waals surface area contributed by atoms with Gasteiger partial charge in [0.2, 0.25) is 5.91 Å². The fourth-order valence-corrected chi connectivity index (χ4v) is 4.05. The highest BCUT2D eigenvalue weighted by atomic mass is 32.2. The highest BCUT2D eigenvalue weighted by molar-refractivity contribution is 8.00. The number of amides is 1. The van der Waals surface area contributed by atoms with E-state index in [1.807, 2.05) is 70.2 Å². The summed E-state index contributed by atoms with van der Waals surface area (Å²) < 4.78 is 7.13. The third-order valence-electron chi connectivity index (χ3n) is 4.89. The maximum atomic E-state index is 13.1. The largest absolute Gasteiger partial charge is 0.494 e. The van der Waals surface area contributed by atoms with Gasteiger partial charge in [0.25, 0.3) is 5.56 Å². The van der Waals surface area contributed by atoms with E-state index in [-0.39, 0.29) is 17.5 Å². The zero-order valence-corrected chi connectivity index (χ0v) is 18.5. The van der Waals surface area contributed by atoms with Crippen LogP contribution in [0.2, 0.25) is 0 Å². The molecule has 0 aliphatic carbocycles. The van der Waals surface area contributed by atoms with E-state index in [9.17, 15) is 9.59 Å². The summed E-state index contributed by atoms with van der Waals surface area (Å²) in [7, 11) is 0. The smallest absolute Gasteiger partial charge is 0.262 e. The van der Waals surface area contributed by atoms with Crippen molar-refractivity contribution in [3.63, 3.8) is 0 Å². The molecule has 0 unspecified atom stereocenters. The maximum Gasteiger partial charge on any atom is 0.262 e. The van der Waals surface area contributed by atoms with Gasteiger partial charge in [0.15, 0.2) is 5.16 Å². The molecule has 1 aromatic heterocycles. The number of nitrogens with zero attached hydrogens (tertiary/aromatic N) is 2. The number of carbonyl (C=O) groups excluding carboxylic acids is 1. The summed E-state index contributed by atoms with van der Waals surface area (Å²) in [6.07, 6.45) is 0.792. The number of rotatable bonds is 8. The van der Waals surface area contributed by atoms with Crippen LogP contribution in [0.4, 0.5) is 5.69 Å². The molecule has 7 heteroatoms. The molecule has 1 heterocycles. The highest BCUT2D eigenvalue weighted by Gasteiger charge is 2.21. The zero-order chi connectivity index (χ0) is 21.7. The minimum Gasteiger partial charge on any atom is -0.494 e. The Labute approximate surface area is 180 Å². The Bertz CT molecular complexity index is 1080. The number of hydrogen-bond donors (Lipinski definition) is 1. The predicted octanol–water partition coefficient (Wildman–Crippen LogP) is 4.89. The molecule has 2 atom stereocenters. The van der Waals surface area contributed by atoms with Gasteiger partial charge >= 0.3 is 0 Å². The number of fused-ring (bicyclic) bond motifs is 1. The van der Waals surface area contributed by atoms with Gasteiger partial charge in [0.1, 0.15) is 5.75 Å². The van der Waals surface area contributed by atoms with Crippen molar-refractivity contribution >= 4 is 34.3 Å². The van der Waals surface area contributed by atoms with Crippen LogP contribution >= 0.6 is 11.8 Å². The first kappa shape index (κ1) is 21.9. The first-order chi connectivity index (χ1) is 14.4. The Morgan fingerprint density at radius 3 is 2.50 bits per heavy atom. The van der Waals surface area contributed by atoms with Gasteiger partial charge in [-0.1, -0.05) is 30.8 Å². The molecule has 0 saturated carbocycles. The molecule has 6 nitrogen and oxygen atoms in total. The van der Waals surface area contributed by atoms with Crippen LogP contribution in [0.15, 0.2) is 58.5 Å². The van der Waals surface area contributed by atoms with Crippen molar-refractivity contribution < 1.29 is 9.53 Å². The van der Waals surface area contributed by atoms with Gasteiger partial charge in [-0.05, 0) is 63.6 Å². The number of nitrogens with one attached hydrogen (secondary N) is 1. The Kier molecular flexibility index (Phi) is 7.15. The fraction of sp³-hybridized carbons (Fsp3) is 0.348. The summed E-state index contributed by atoms with van der Waals surface area (Å²) >= 11 is 1.30. The highest BCUT2D eigenvalue weighted by Crippen LogP contribution is 2.27. The Morgan fingerprint density at radius 2 is 1.83 bits per heavy atom. The molecule has 3 aromatic rings. The molecule has 0 aliphatic rings. The van der Waals surface area contributed by atoms with E-state index >= 15 is 0 Å². The topological polar surface area (TPSA) is 73.2 Å². The molecule has 3 rings (SSSR count). The summed E-state index contributed by atoms with van der Waals surface area (Å²) in [6.45, 7) is 8.36. The van der Waals surface area contributed by atoms with Gasteiger partial charge in [-0.2, -0.15) is 0 Å². The second-order valence-corrected chi connectivity index (χ2v) is 8.36. The van der Waals surface area contributed by atoms with Gasteiger partial charge in [0.05, 0.1) is 22.8 Å². The molecule has 1 N–H and O–H groups in total. The lowest BCUT2D eigenvalue weighted by Gasteiger charge is -2.20. The van der Waals surface area contributed by atoms with Gasteiger partial charge in [-0.3, -0.25) is 14.2 Å². The van der Waals surface area contributed by atoms with Crippen molar-refractivity contribution in [2.24, 2.45) is 0 Å². The number of anilines is 1. The van der Waals surface area contributed by atoms with E-state index in [1.165, 1.54) is 11.8 Å². The lowest BCUT2D eigenvalue weighted by molar-refractivity contribution is -0.115. The van der Waals surface area contributed by atoms with Crippen molar-refractivity contribution in [3.05, 3.63) is 58.9 Å². The number of benzene rings is 2.